The van der Waals surface area contributed by atoms with Gasteiger partial charge >= 0.3 is 0 Å². The number of aromatic nitrogens is 1. The molecular formula is C14H17BrN2S. The minimum Gasteiger partial charge on any atom is -0.306 e. The summed E-state index contributed by atoms with van der Waals surface area (Å²) in [7, 11) is 0. The predicted octanol–water partition coefficient (Wildman–Crippen LogP) is 4.07. The minimum atomic E-state index is 0.843. The molecule has 0 saturated carbocycles. The van der Waals surface area contributed by atoms with Gasteiger partial charge in [-0.3, -0.25) is 0 Å². The number of thiazole rings is 1. The Hall–Kier alpha value is -0.710. The van der Waals surface area contributed by atoms with Crippen LogP contribution in [0.15, 0.2) is 28.9 Å². The molecule has 0 amide bonds. The number of hydrogen-bond acceptors (Lipinski definition) is 3. The summed E-state index contributed by atoms with van der Waals surface area (Å²) in [6.45, 7) is 5.98. The highest BCUT2D eigenvalue weighted by Crippen LogP contribution is 2.17. The van der Waals surface area contributed by atoms with Crippen LogP contribution in [0.2, 0.25) is 0 Å². The first-order valence-electron chi connectivity index (χ1n) is 6.08. The fourth-order valence-electron chi connectivity index (χ4n) is 1.65. The summed E-state index contributed by atoms with van der Waals surface area (Å²) in [4.78, 5) is 5.75. The number of nitrogens with zero attached hydrogens (tertiary/aromatic N) is 1. The lowest BCUT2D eigenvalue weighted by Crippen LogP contribution is -2.12. The van der Waals surface area contributed by atoms with Gasteiger partial charge in [0.05, 0.1) is 0 Å². The molecule has 18 heavy (non-hydrogen) atoms. The fraction of sp³-hybridized carbons (Fsp3) is 0.357. The molecule has 2 rings (SSSR count). The Morgan fingerprint density at radius 1 is 1.33 bits per heavy atom. The van der Waals surface area contributed by atoms with E-state index in [0.717, 1.165) is 24.5 Å². The van der Waals surface area contributed by atoms with Crippen LogP contribution in [0.5, 0.6) is 0 Å². The van der Waals surface area contributed by atoms with E-state index in [1.807, 2.05) is 6.20 Å². The van der Waals surface area contributed by atoms with Crippen molar-refractivity contribution in [3.63, 3.8) is 0 Å². The van der Waals surface area contributed by atoms with E-state index in [1.165, 1.54) is 20.5 Å². The lowest BCUT2D eigenvalue weighted by atomic mass is 10.1. The molecule has 0 saturated heterocycles. The zero-order chi connectivity index (χ0) is 13.0. The van der Waals surface area contributed by atoms with E-state index in [0.29, 0.717) is 0 Å². The van der Waals surface area contributed by atoms with Crippen LogP contribution in [0.1, 0.15) is 27.9 Å². The second-order valence-electron chi connectivity index (χ2n) is 4.26. The molecule has 0 unspecified atom stereocenters. The van der Waals surface area contributed by atoms with Crippen LogP contribution in [-0.4, -0.2) is 4.98 Å². The zero-order valence-electron chi connectivity index (χ0n) is 10.7. The maximum atomic E-state index is 4.40. The molecule has 96 valence electrons. The van der Waals surface area contributed by atoms with E-state index in [2.05, 4.69) is 58.3 Å². The smallest absolute Gasteiger partial charge is 0.107 e. The molecule has 0 aliphatic carbocycles. The van der Waals surface area contributed by atoms with Crippen molar-refractivity contribution in [2.45, 2.75) is 33.4 Å². The first-order chi connectivity index (χ1) is 8.69. The number of aryl methyl sites for hydroxylation is 2. The van der Waals surface area contributed by atoms with Crippen LogP contribution in [0, 0.1) is 6.92 Å². The van der Waals surface area contributed by atoms with Crippen molar-refractivity contribution in [1.29, 1.82) is 0 Å². The van der Waals surface area contributed by atoms with Gasteiger partial charge in [0.15, 0.2) is 0 Å². The maximum Gasteiger partial charge on any atom is 0.107 e. The van der Waals surface area contributed by atoms with Gasteiger partial charge in [-0.05, 0) is 30.5 Å². The van der Waals surface area contributed by atoms with Crippen molar-refractivity contribution in [2.75, 3.05) is 0 Å². The van der Waals surface area contributed by atoms with E-state index >= 15 is 0 Å². The molecule has 1 N–H and O–H groups in total. The molecule has 2 nitrogen and oxygen atoms in total. The van der Waals surface area contributed by atoms with E-state index < -0.39 is 0 Å². The molecule has 2 aromatic rings. The van der Waals surface area contributed by atoms with Crippen LogP contribution < -0.4 is 5.32 Å². The Morgan fingerprint density at radius 2 is 2.17 bits per heavy atom. The van der Waals surface area contributed by atoms with Gasteiger partial charge in [0.25, 0.3) is 0 Å². The normalized spacial score (nSPS) is 10.8. The van der Waals surface area contributed by atoms with Crippen molar-refractivity contribution >= 4 is 27.3 Å². The van der Waals surface area contributed by atoms with Crippen LogP contribution in [-0.2, 0) is 19.5 Å². The number of hydrogen-bond donors (Lipinski definition) is 1. The number of halogens is 1. The predicted molar refractivity (Wildman–Crippen MR) is 80.9 cm³/mol. The van der Waals surface area contributed by atoms with Crippen molar-refractivity contribution in [2.24, 2.45) is 0 Å². The highest BCUT2D eigenvalue weighted by atomic mass is 79.9. The third-order valence-corrected chi connectivity index (χ3v) is 4.79. The Bertz CT molecular complexity index is 522. The molecule has 1 aromatic heterocycles. The fourth-order valence-corrected chi connectivity index (χ4v) is 2.91. The molecule has 1 heterocycles. The molecule has 0 radical (unpaired) electrons. The lowest BCUT2D eigenvalue weighted by Gasteiger charge is -2.05. The van der Waals surface area contributed by atoms with Gasteiger partial charge in [0.2, 0.25) is 0 Å². The summed E-state index contributed by atoms with van der Waals surface area (Å²) in [6.07, 6.45) is 3.05. The molecule has 0 aliphatic rings. The molecule has 0 spiro atoms. The molecule has 0 atom stereocenters. The largest absolute Gasteiger partial charge is 0.306 e. The average Bonchev–Trinajstić information content (AvgIpc) is 2.82. The van der Waals surface area contributed by atoms with Crippen LogP contribution in [0.25, 0.3) is 0 Å². The third-order valence-electron chi connectivity index (χ3n) is 2.79. The summed E-state index contributed by atoms with van der Waals surface area (Å²) in [6, 6.07) is 6.47. The SMILES string of the molecule is CCc1cnc(CNCc2ccc(C)c(Br)c2)s1. The van der Waals surface area contributed by atoms with Gasteiger partial charge in [-0.25, -0.2) is 4.98 Å². The van der Waals surface area contributed by atoms with E-state index in [4.69, 9.17) is 0 Å². The molecule has 0 fully saturated rings. The van der Waals surface area contributed by atoms with Gasteiger partial charge in [0.1, 0.15) is 5.01 Å². The summed E-state index contributed by atoms with van der Waals surface area (Å²) < 4.78 is 1.17. The Morgan fingerprint density at radius 3 is 2.83 bits per heavy atom. The van der Waals surface area contributed by atoms with E-state index in [1.54, 1.807) is 11.3 Å². The molecule has 1 aromatic carbocycles. The molecule has 0 aliphatic heterocycles. The first kappa shape index (κ1) is 13.7. The molecular weight excluding hydrogens is 308 g/mol. The summed E-state index contributed by atoms with van der Waals surface area (Å²) in [5.74, 6) is 0. The first-order valence-corrected chi connectivity index (χ1v) is 7.69. The van der Waals surface area contributed by atoms with Crippen molar-refractivity contribution in [3.8, 4) is 0 Å². The Labute approximate surface area is 121 Å². The minimum absolute atomic E-state index is 0.843. The van der Waals surface area contributed by atoms with E-state index in [9.17, 15) is 0 Å². The van der Waals surface area contributed by atoms with E-state index in [-0.39, 0.29) is 0 Å². The standard InChI is InChI=1S/C14H17BrN2S/c1-3-12-8-17-14(18-12)9-16-7-11-5-4-10(2)13(15)6-11/h4-6,8,16H,3,7,9H2,1-2H3. The monoisotopic (exact) mass is 324 g/mol. The highest BCUT2D eigenvalue weighted by molar-refractivity contribution is 9.10. The second-order valence-corrected chi connectivity index (χ2v) is 6.32. The molecule has 0 bridgehead atoms. The number of rotatable bonds is 5. The third kappa shape index (κ3) is 3.64. The van der Waals surface area contributed by atoms with Crippen molar-refractivity contribution in [3.05, 3.63) is 49.9 Å². The summed E-state index contributed by atoms with van der Waals surface area (Å²) in [5.41, 5.74) is 2.56. The Balaban J connectivity index is 1.86. The number of benzene rings is 1. The molecule has 4 heteroatoms. The van der Waals surface area contributed by atoms with Gasteiger partial charge in [-0.15, -0.1) is 11.3 Å². The van der Waals surface area contributed by atoms with Gasteiger partial charge in [-0.2, -0.15) is 0 Å². The van der Waals surface area contributed by atoms with Gasteiger partial charge in [-0.1, -0.05) is 35.0 Å². The summed E-state index contributed by atoms with van der Waals surface area (Å²) >= 11 is 5.35. The topological polar surface area (TPSA) is 24.9 Å². The maximum absolute atomic E-state index is 4.40. The quantitative estimate of drug-likeness (QED) is 0.896. The van der Waals surface area contributed by atoms with Crippen LogP contribution in [0.3, 0.4) is 0 Å². The zero-order valence-corrected chi connectivity index (χ0v) is 13.1. The van der Waals surface area contributed by atoms with Gasteiger partial charge in [0, 0.05) is 28.6 Å². The highest BCUT2D eigenvalue weighted by Gasteiger charge is 2.01. The number of nitrogens with one attached hydrogen (secondary N) is 1. The summed E-state index contributed by atoms with van der Waals surface area (Å²) in [5, 5.41) is 4.59. The Kier molecular flexibility index (Phi) is 4.92. The van der Waals surface area contributed by atoms with Crippen molar-refractivity contribution in [1.82, 2.24) is 10.3 Å². The second kappa shape index (κ2) is 6.45. The average molecular weight is 325 g/mol. The van der Waals surface area contributed by atoms with Crippen LogP contribution >= 0.6 is 27.3 Å². The van der Waals surface area contributed by atoms with Crippen molar-refractivity contribution < 1.29 is 0 Å². The van der Waals surface area contributed by atoms with Crippen LogP contribution in [0.4, 0.5) is 0 Å². The van der Waals surface area contributed by atoms with Gasteiger partial charge < -0.3 is 5.32 Å². The lowest BCUT2D eigenvalue weighted by molar-refractivity contribution is 0.689.